The molecule has 1 saturated carbocycles. The average molecular weight is 272 g/mol. The molecule has 0 unspecified atom stereocenters. The summed E-state index contributed by atoms with van der Waals surface area (Å²) in [6, 6.07) is 1.99. The Morgan fingerprint density at radius 2 is 1.85 bits per heavy atom. The number of carbonyl (C=O) groups is 2. The zero-order valence-electron chi connectivity index (χ0n) is 11.4. The first-order valence-corrected chi connectivity index (χ1v) is 6.84. The molecule has 1 aromatic heterocycles. The Hall–Kier alpha value is -2.16. The van der Waals surface area contributed by atoms with E-state index in [0.717, 1.165) is 30.6 Å². The van der Waals surface area contributed by atoms with Gasteiger partial charge in [-0.3, -0.25) is 14.3 Å². The van der Waals surface area contributed by atoms with Crippen molar-refractivity contribution in [3.8, 4) is 6.07 Å². The van der Waals surface area contributed by atoms with Gasteiger partial charge in [-0.25, -0.2) is 4.90 Å². The number of hydrogen-bond acceptors (Lipinski definition) is 4. The van der Waals surface area contributed by atoms with E-state index in [2.05, 4.69) is 5.10 Å². The van der Waals surface area contributed by atoms with E-state index in [-0.39, 0.29) is 28.6 Å². The normalized spacial score (nSPS) is 21.5. The van der Waals surface area contributed by atoms with Gasteiger partial charge in [0.05, 0.1) is 0 Å². The third-order valence-corrected chi connectivity index (χ3v) is 4.36. The molecule has 2 fully saturated rings. The first kappa shape index (κ1) is 12.9. The summed E-state index contributed by atoms with van der Waals surface area (Å²) in [5.41, 5.74) is 0.128. The molecule has 6 heteroatoms. The van der Waals surface area contributed by atoms with Crippen LogP contribution < -0.4 is 4.90 Å². The van der Waals surface area contributed by atoms with E-state index in [1.165, 1.54) is 10.9 Å². The Morgan fingerprint density at radius 1 is 1.25 bits per heavy atom. The van der Waals surface area contributed by atoms with Crippen LogP contribution in [0.15, 0.2) is 6.20 Å². The molecule has 0 bridgehead atoms. The maximum atomic E-state index is 12.4. The van der Waals surface area contributed by atoms with E-state index >= 15 is 0 Å². The number of aromatic nitrogens is 2. The lowest BCUT2D eigenvalue weighted by Crippen LogP contribution is -2.47. The SMILES string of the molecule is Cn1cc(C#N)c(N2C(=O)CC3(CCCC3)CC2=O)n1. The molecule has 1 saturated heterocycles. The number of piperidine rings is 1. The first-order chi connectivity index (χ1) is 9.54. The lowest BCUT2D eigenvalue weighted by molar-refractivity contribution is -0.133. The summed E-state index contributed by atoms with van der Waals surface area (Å²) in [7, 11) is 1.67. The predicted octanol–water partition coefficient (Wildman–Crippen LogP) is 1.51. The Bertz CT molecular complexity index is 600. The van der Waals surface area contributed by atoms with Crippen LogP contribution in [0.25, 0.3) is 0 Å². The van der Waals surface area contributed by atoms with E-state index < -0.39 is 0 Å². The number of amides is 2. The number of rotatable bonds is 1. The van der Waals surface area contributed by atoms with Crippen molar-refractivity contribution in [1.82, 2.24) is 9.78 Å². The quantitative estimate of drug-likeness (QED) is 0.726. The van der Waals surface area contributed by atoms with Gasteiger partial charge in [-0.1, -0.05) is 12.8 Å². The fourth-order valence-corrected chi connectivity index (χ4v) is 3.44. The van der Waals surface area contributed by atoms with Crippen LogP contribution in [0.1, 0.15) is 44.1 Å². The Morgan fingerprint density at radius 3 is 2.40 bits per heavy atom. The molecule has 1 aliphatic heterocycles. The Labute approximate surface area is 117 Å². The molecular weight excluding hydrogens is 256 g/mol. The first-order valence-electron chi connectivity index (χ1n) is 6.84. The number of carbonyl (C=O) groups excluding carboxylic acids is 2. The highest BCUT2D eigenvalue weighted by Gasteiger charge is 2.46. The molecule has 2 heterocycles. The highest BCUT2D eigenvalue weighted by molar-refractivity contribution is 6.17. The second kappa shape index (κ2) is 4.44. The molecule has 0 radical (unpaired) electrons. The molecule has 1 spiro atoms. The van der Waals surface area contributed by atoms with Crippen LogP contribution in [0.2, 0.25) is 0 Å². The van der Waals surface area contributed by atoms with Crippen LogP contribution in [-0.4, -0.2) is 21.6 Å². The van der Waals surface area contributed by atoms with Gasteiger partial charge in [0.2, 0.25) is 11.8 Å². The zero-order valence-corrected chi connectivity index (χ0v) is 11.4. The molecule has 1 aromatic rings. The van der Waals surface area contributed by atoms with Gasteiger partial charge in [0.15, 0.2) is 5.82 Å². The van der Waals surface area contributed by atoms with Gasteiger partial charge in [-0.2, -0.15) is 10.4 Å². The van der Waals surface area contributed by atoms with Gasteiger partial charge < -0.3 is 0 Å². The number of nitrogens with zero attached hydrogens (tertiary/aromatic N) is 4. The summed E-state index contributed by atoms with van der Waals surface area (Å²) >= 11 is 0. The number of aryl methyl sites for hydroxylation is 1. The second-order valence-electron chi connectivity index (χ2n) is 5.84. The van der Waals surface area contributed by atoms with E-state index in [1.54, 1.807) is 7.05 Å². The van der Waals surface area contributed by atoms with Crippen molar-refractivity contribution in [2.45, 2.75) is 38.5 Å². The molecule has 20 heavy (non-hydrogen) atoms. The van der Waals surface area contributed by atoms with Crippen LogP contribution in [-0.2, 0) is 16.6 Å². The minimum Gasteiger partial charge on any atom is -0.274 e. The molecule has 0 N–H and O–H groups in total. The van der Waals surface area contributed by atoms with E-state index in [1.807, 2.05) is 6.07 Å². The number of imide groups is 1. The van der Waals surface area contributed by atoms with Crippen molar-refractivity contribution < 1.29 is 9.59 Å². The lowest BCUT2D eigenvalue weighted by Gasteiger charge is -2.36. The lowest BCUT2D eigenvalue weighted by atomic mass is 9.76. The minimum absolute atomic E-state index is 0.133. The largest absolute Gasteiger partial charge is 0.274 e. The highest BCUT2D eigenvalue weighted by atomic mass is 16.2. The molecule has 0 aromatic carbocycles. The van der Waals surface area contributed by atoms with Crippen LogP contribution in [0, 0.1) is 16.7 Å². The summed E-state index contributed by atoms with van der Waals surface area (Å²) in [5.74, 6) is -0.269. The van der Waals surface area contributed by atoms with Gasteiger partial charge in [-0.05, 0) is 18.3 Å². The summed E-state index contributed by atoms with van der Waals surface area (Å²) < 4.78 is 1.45. The fourth-order valence-electron chi connectivity index (χ4n) is 3.44. The minimum atomic E-state index is -0.224. The van der Waals surface area contributed by atoms with Gasteiger partial charge in [0, 0.05) is 26.1 Å². The third kappa shape index (κ3) is 1.90. The van der Waals surface area contributed by atoms with Gasteiger partial charge in [0.25, 0.3) is 0 Å². The Kier molecular flexibility index (Phi) is 2.85. The van der Waals surface area contributed by atoms with Crippen molar-refractivity contribution in [1.29, 1.82) is 5.26 Å². The van der Waals surface area contributed by atoms with Gasteiger partial charge in [0.1, 0.15) is 11.6 Å². The maximum absolute atomic E-state index is 12.4. The molecule has 0 atom stereocenters. The second-order valence-corrected chi connectivity index (χ2v) is 5.84. The molecule has 104 valence electrons. The van der Waals surface area contributed by atoms with Crippen molar-refractivity contribution in [3.05, 3.63) is 11.8 Å². The van der Waals surface area contributed by atoms with Crippen molar-refractivity contribution in [3.63, 3.8) is 0 Å². The predicted molar refractivity (Wildman–Crippen MR) is 70.6 cm³/mol. The highest BCUT2D eigenvalue weighted by Crippen LogP contribution is 2.47. The third-order valence-electron chi connectivity index (χ3n) is 4.36. The number of nitriles is 1. The van der Waals surface area contributed by atoms with Crippen LogP contribution in [0.4, 0.5) is 5.82 Å². The van der Waals surface area contributed by atoms with Crippen LogP contribution in [0.3, 0.4) is 0 Å². The number of anilines is 1. The molecule has 2 amide bonds. The molecule has 1 aliphatic carbocycles. The molecule has 2 aliphatic rings. The number of hydrogen-bond donors (Lipinski definition) is 0. The molecule has 3 rings (SSSR count). The smallest absolute Gasteiger partial charge is 0.235 e. The van der Waals surface area contributed by atoms with E-state index in [0.29, 0.717) is 12.8 Å². The summed E-state index contributed by atoms with van der Waals surface area (Å²) in [4.78, 5) is 25.9. The maximum Gasteiger partial charge on any atom is 0.235 e. The van der Waals surface area contributed by atoms with Crippen LogP contribution >= 0.6 is 0 Å². The Balaban J connectivity index is 1.94. The standard InChI is InChI=1S/C14H16N4O2/c1-17-9-10(8-15)13(16-17)18-11(19)6-14(7-12(18)20)4-2-3-5-14/h9H,2-7H2,1H3. The van der Waals surface area contributed by atoms with E-state index in [9.17, 15) is 9.59 Å². The summed E-state index contributed by atoms with van der Waals surface area (Å²) in [5, 5.41) is 13.2. The molecule has 6 nitrogen and oxygen atoms in total. The average Bonchev–Trinajstić information content (AvgIpc) is 2.96. The summed E-state index contributed by atoms with van der Waals surface area (Å²) in [6.07, 6.45) is 6.38. The summed E-state index contributed by atoms with van der Waals surface area (Å²) in [6.45, 7) is 0. The monoisotopic (exact) mass is 272 g/mol. The van der Waals surface area contributed by atoms with Crippen molar-refractivity contribution >= 4 is 17.6 Å². The van der Waals surface area contributed by atoms with E-state index in [4.69, 9.17) is 5.26 Å². The van der Waals surface area contributed by atoms with Crippen LogP contribution in [0.5, 0.6) is 0 Å². The fraction of sp³-hybridized carbons (Fsp3) is 0.571. The van der Waals surface area contributed by atoms with Crippen molar-refractivity contribution in [2.24, 2.45) is 12.5 Å². The van der Waals surface area contributed by atoms with Gasteiger partial charge >= 0.3 is 0 Å². The molecular formula is C14H16N4O2. The van der Waals surface area contributed by atoms with Crippen molar-refractivity contribution in [2.75, 3.05) is 4.90 Å². The van der Waals surface area contributed by atoms with Gasteiger partial charge in [-0.15, -0.1) is 0 Å². The topological polar surface area (TPSA) is 79.0 Å². The zero-order chi connectivity index (χ0) is 14.3.